The molecule has 1 saturated heterocycles. The molecular weight excluding hydrogens is 160 g/mol. The summed E-state index contributed by atoms with van der Waals surface area (Å²) in [7, 11) is 0. The third-order valence-electron chi connectivity index (χ3n) is 1.76. The van der Waals surface area contributed by atoms with Crippen LogP contribution in [0.5, 0.6) is 0 Å². The average molecular weight is 176 g/mol. The fraction of sp³-hybridized carbons (Fsp3) is 1.00. The van der Waals surface area contributed by atoms with Gasteiger partial charge in [-0.15, -0.1) is 12.6 Å². The highest BCUT2D eigenvalue weighted by Crippen LogP contribution is 2.23. The maximum absolute atomic E-state index is 9.68. The van der Waals surface area contributed by atoms with Crippen molar-refractivity contribution in [2.45, 2.75) is 44.0 Å². The molecule has 0 saturated carbocycles. The van der Waals surface area contributed by atoms with E-state index in [1.807, 2.05) is 13.8 Å². The van der Waals surface area contributed by atoms with Crippen LogP contribution in [0.25, 0.3) is 0 Å². The summed E-state index contributed by atoms with van der Waals surface area (Å²) in [4.78, 5) is 0. The van der Waals surface area contributed by atoms with Crippen molar-refractivity contribution in [3.63, 3.8) is 0 Å². The van der Waals surface area contributed by atoms with Crippen molar-refractivity contribution >= 4 is 12.6 Å². The summed E-state index contributed by atoms with van der Waals surface area (Å²) < 4.78 is 0. The zero-order chi connectivity index (χ0) is 8.70. The van der Waals surface area contributed by atoms with Crippen LogP contribution in [0.15, 0.2) is 0 Å². The van der Waals surface area contributed by atoms with Crippen molar-refractivity contribution in [3.8, 4) is 0 Å². The molecule has 0 amide bonds. The van der Waals surface area contributed by atoms with Crippen LogP contribution >= 0.6 is 12.6 Å². The third-order valence-corrected chi connectivity index (χ3v) is 2.02. The van der Waals surface area contributed by atoms with Crippen LogP contribution in [0.3, 0.4) is 0 Å². The first-order chi connectivity index (χ1) is 4.81. The lowest BCUT2D eigenvalue weighted by Gasteiger charge is -2.44. The number of hydrogen-bond donors (Lipinski definition) is 4. The number of hydrogen-bond acceptors (Lipinski definition) is 4. The molecule has 1 aliphatic heterocycles. The van der Waals surface area contributed by atoms with Crippen LogP contribution in [0.4, 0.5) is 0 Å². The Morgan fingerprint density at radius 1 is 1.36 bits per heavy atom. The number of thiol groups is 1. The predicted molar refractivity (Wildman–Crippen MR) is 48.4 cm³/mol. The number of nitrogens with one attached hydrogen (secondary N) is 2. The largest absolute Gasteiger partial charge is 0.376 e. The smallest absolute Gasteiger partial charge is 0.116 e. The summed E-state index contributed by atoms with van der Waals surface area (Å²) >= 11 is 4.21. The van der Waals surface area contributed by atoms with Gasteiger partial charge >= 0.3 is 0 Å². The highest BCUT2D eigenvalue weighted by molar-refractivity contribution is 7.80. The van der Waals surface area contributed by atoms with Gasteiger partial charge < -0.3 is 5.11 Å². The summed E-state index contributed by atoms with van der Waals surface area (Å²) in [5.74, 6) is 0. The zero-order valence-corrected chi connectivity index (χ0v) is 8.07. The van der Waals surface area contributed by atoms with E-state index >= 15 is 0 Å². The lowest BCUT2D eigenvalue weighted by atomic mass is 9.92. The highest BCUT2D eigenvalue weighted by atomic mass is 32.1. The van der Waals surface area contributed by atoms with Crippen LogP contribution in [0.1, 0.15) is 27.2 Å². The average Bonchev–Trinajstić information content (AvgIpc) is 1.49. The number of aliphatic hydroxyl groups is 1. The summed E-state index contributed by atoms with van der Waals surface area (Å²) in [5.41, 5.74) is -0.990. The molecule has 66 valence electrons. The summed E-state index contributed by atoms with van der Waals surface area (Å²) in [6, 6.07) is 0. The van der Waals surface area contributed by atoms with Gasteiger partial charge in [-0.1, -0.05) is 0 Å². The van der Waals surface area contributed by atoms with Gasteiger partial charge in [-0.25, -0.2) is 0 Å². The van der Waals surface area contributed by atoms with Gasteiger partial charge in [-0.3, -0.25) is 10.6 Å². The Morgan fingerprint density at radius 2 is 1.91 bits per heavy atom. The normalized spacial score (nSPS) is 43.9. The van der Waals surface area contributed by atoms with E-state index in [-0.39, 0.29) is 11.0 Å². The van der Waals surface area contributed by atoms with Gasteiger partial charge in [0.2, 0.25) is 0 Å². The molecule has 1 rings (SSSR count). The Morgan fingerprint density at radius 3 is 2.27 bits per heavy atom. The minimum atomic E-state index is -0.804. The topological polar surface area (TPSA) is 44.3 Å². The lowest BCUT2D eigenvalue weighted by molar-refractivity contribution is -0.0377. The van der Waals surface area contributed by atoms with E-state index in [2.05, 4.69) is 23.3 Å². The maximum Gasteiger partial charge on any atom is 0.116 e. The Balaban J connectivity index is 2.66. The zero-order valence-electron chi connectivity index (χ0n) is 7.18. The van der Waals surface area contributed by atoms with E-state index in [1.54, 1.807) is 6.92 Å². The fourth-order valence-corrected chi connectivity index (χ4v) is 2.29. The standard InChI is InChI=1S/C7H16N2OS/c1-6(2)4-7(3,10)9-5(11)8-6/h5,8-11H,4H2,1-3H3/t5-,7-/m0/s1. The summed E-state index contributed by atoms with van der Waals surface area (Å²) in [6.07, 6.45) is 0.678. The second-order valence-corrected chi connectivity index (χ2v) is 4.54. The first kappa shape index (κ1) is 9.32. The highest BCUT2D eigenvalue weighted by Gasteiger charge is 2.37. The minimum Gasteiger partial charge on any atom is -0.376 e. The monoisotopic (exact) mass is 176 g/mol. The maximum atomic E-state index is 9.68. The van der Waals surface area contributed by atoms with Crippen LogP contribution in [-0.4, -0.2) is 21.9 Å². The van der Waals surface area contributed by atoms with Gasteiger partial charge in [0.05, 0.1) is 0 Å². The molecule has 11 heavy (non-hydrogen) atoms. The van der Waals surface area contributed by atoms with E-state index < -0.39 is 5.72 Å². The molecule has 3 N–H and O–H groups in total. The van der Waals surface area contributed by atoms with Crippen molar-refractivity contribution in [3.05, 3.63) is 0 Å². The van der Waals surface area contributed by atoms with Gasteiger partial charge in [0.1, 0.15) is 11.2 Å². The van der Waals surface area contributed by atoms with Gasteiger partial charge in [-0.05, 0) is 20.8 Å². The third kappa shape index (κ3) is 2.63. The molecule has 2 atom stereocenters. The molecule has 0 unspecified atom stereocenters. The van der Waals surface area contributed by atoms with E-state index in [4.69, 9.17) is 0 Å². The molecule has 3 nitrogen and oxygen atoms in total. The molecule has 0 bridgehead atoms. The minimum absolute atomic E-state index is 0.0544. The first-order valence-electron chi connectivity index (χ1n) is 3.77. The van der Waals surface area contributed by atoms with E-state index in [0.29, 0.717) is 6.42 Å². The quantitative estimate of drug-likeness (QED) is 0.401. The molecule has 4 heteroatoms. The summed E-state index contributed by atoms with van der Waals surface area (Å²) in [5, 5.41) is 15.8. The Hall–Kier alpha value is 0.230. The molecule has 1 aliphatic rings. The van der Waals surface area contributed by atoms with E-state index in [9.17, 15) is 5.11 Å². The van der Waals surface area contributed by atoms with Crippen LogP contribution in [-0.2, 0) is 0 Å². The second-order valence-electron chi connectivity index (χ2n) is 4.03. The first-order valence-corrected chi connectivity index (χ1v) is 4.28. The van der Waals surface area contributed by atoms with Gasteiger partial charge in [0.15, 0.2) is 0 Å². The van der Waals surface area contributed by atoms with E-state index in [1.165, 1.54) is 0 Å². The van der Waals surface area contributed by atoms with Gasteiger partial charge in [-0.2, -0.15) is 0 Å². The van der Waals surface area contributed by atoms with Crippen molar-refractivity contribution in [1.29, 1.82) is 0 Å². The van der Waals surface area contributed by atoms with Gasteiger partial charge in [0.25, 0.3) is 0 Å². The Labute approximate surface area is 73.0 Å². The Bertz CT molecular complexity index is 143. The van der Waals surface area contributed by atoms with Crippen LogP contribution < -0.4 is 10.6 Å². The van der Waals surface area contributed by atoms with Crippen molar-refractivity contribution < 1.29 is 5.11 Å². The fourth-order valence-electron chi connectivity index (χ4n) is 1.66. The Kier molecular flexibility index (Phi) is 2.22. The van der Waals surface area contributed by atoms with Crippen LogP contribution in [0.2, 0.25) is 0 Å². The molecule has 1 heterocycles. The van der Waals surface area contributed by atoms with Crippen LogP contribution in [0, 0.1) is 0 Å². The molecule has 0 radical (unpaired) electrons. The molecule has 0 aromatic carbocycles. The lowest BCUT2D eigenvalue weighted by Crippen LogP contribution is -2.65. The molecule has 0 aromatic heterocycles. The van der Waals surface area contributed by atoms with Crippen molar-refractivity contribution in [2.24, 2.45) is 0 Å². The predicted octanol–water partition coefficient (Wildman–Crippen LogP) is 0.270. The van der Waals surface area contributed by atoms with E-state index in [0.717, 1.165) is 0 Å². The molecular formula is C7H16N2OS. The SMILES string of the molecule is CC1(C)C[C@](C)(O)N[C@@H](S)N1. The molecule has 0 spiro atoms. The second kappa shape index (κ2) is 2.62. The summed E-state index contributed by atoms with van der Waals surface area (Å²) in [6.45, 7) is 5.86. The van der Waals surface area contributed by atoms with Crippen molar-refractivity contribution in [1.82, 2.24) is 10.6 Å². The van der Waals surface area contributed by atoms with Gasteiger partial charge in [0, 0.05) is 12.0 Å². The number of rotatable bonds is 0. The molecule has 0 aliphatic carbocycles. The van der Waals surface area contributed by atoms with Crippen molar-refractivity contribution in [2.75, 3.05) is 0 Å². The molecule has 0 aromatic rings. The molecule has 1 fully saturated rings.